The van der Waals surface area contributed by atoms with Crippen molar-refractivity contribution in [2.45, 2.75) is 25.4 Å². The quantitative estimate of drug-likeness (QED) is 0.468. The normalized spacial score (nSPS) is 18.1. The molecule has 31 heavy (non-hydrogen) atoms. The summed E-state index contributed by atoms with van der Waals surface area (Å²) < 4.78 is 0. The Morgan fingerprint density at radius 2 is 1.71 bits per heavy atom. The van der Waals surface area contributed by atoms with Crippen LogP contribution in [0.2, 0.25) is 15.1 Å². The molecule has 0 saturated heterocycles. The predicted octanol–water partition coefficient (Wildman–Crippen LogP) is 6.52. The highest BCUT2D eigenvalue weighted by atomic mass is 35.5. The summed E-state index contributed by atoms with van der Waals surface area (Å²) in [7, 11) is 0. The molecule has 158 valence electrons. The standard InChI is InChI=1S/C24H18Cl3NO3/c1-13-14(5-4-8-19(13)26)12-28-22(18-10-9-15(25)11-20(18)27)21(24(30)31)16-6-2-3-7-17(16)23(28)29/h2-11,21-22H,12H2,1H3,(H,30,31). The summed E-state index contributed by atoms with van der Waals surface area (Å²) in [5, 5.41) is 11.5. The highest BCUT2D eigenvalue weighted by Crippen LogP contribution is 2.46. The van der Waals surface area contributed by atoms with Crippen molar-refractivity contribution in [3.8, 4) is 0 Å². The van der Waals surface area contributed by atoms with Gasteiger partial charge in [0.2, 0.25) is 0 Å². The number of halogens is 3. The van der Waals surface area contributed by atoms with Gasteiger partial charge >= 0.3 is 5.97 Å². The summed E-state index contributed by atoms with van der Waals surface area (Å²) in [4.78, 5) is 27.6. The zero-order valence-electron chi connectivity index (χ0n) is 16.5. The Kier molecular flexibility index (Phi) is 5.98. The second-order valence-corrected chi connectivity index (χ2v) is 8.72. The van der Waals surface area contributed by atoms with E-state index in [1.54, 1.807) is 53.4 Å². The zero-order chi connectivity index (χ0) is 22.3. The molecule has 0 spiro atoms. The van der Waals surface area contributed by atoms with Gasteiger partial charge in [-0.05, 0) is 53.4 Å². The van der Waals surface area contributed by atoms with Crippen molar-refractivity contribution in [3.05, 3.63) is 104 Å². The number of carboxylic acid groups (broad SMARTS) is 1. The third-order valence-corrected chi connectivity index (χ3v) is 6.68. The first-order valence-electron chi connectivity index (χ1n) is 9.61. The fraction of sp³-hybridized carbons (Fsp3) is 0.167. The summed E-state index contributed by atoms with van der Waals surface area (Å²) in [6, 6.07) is 16.4. The van der Waals surface area contributed by atoms with Gasteiger partial charge in [0.05, 0.1) is 6.04 Å². The average Bonchev–Trinajstić information content (AvgIpc) is 2.73. The van der Waals surface area contributed by atoms with Crippen molar-refractivity contribution in [1.29, 1.82) is 0 Å². The van der Waals surface area contributed by atoms with Gasteiger partial charge in [-0.3, -0.25) is 9.59 Å². The maximum atomic E-state index is 13.6. The van der Waals surface area contributed by atoms with Crippen molar-refractivity contribution in [2.24, 2.45) is 0 Å². The van der Waals surface area contributed by atoms with Gasteiger partial charge in [0.1, 0.15) is 5.92 Å². The number of carbonyl (C=O) groups is 2. The molecule has 7 heteroatoms. The van der Waals surface area contributed by atoms with Crippen molar-refractivity contribution >= 4 is 46.7 Å². The van der Waals surface area contributed by atoms with Crippen LogP contribution in [0, 0.1) is 6.92 Å². The minimum absolute atomic E-state index is 0.187. The van der Waals surface area contributed by atoms with Crippen LogP contribution in [0.1, 0.15) is 44.6 Å². The average molecular weight is 475 g/mol. The van der Waals surface area contributed by atoms with Gasteiger partial charge in [-0.15, -0.1) is 0 Å². The number of hydrogen-bond donors (Lipinski definition) is 1. The second kappa shape index (κ2) is 8.54. The SMILES string of the molecule is Cc1c(Cl)cccc1CN1C(=O)c2ccccc2C(C(=O)O)C1c1ccc(Cl)cc1Cl. The van der Waals surface area contributed by atoms with E-state index in [0.29, 0.717) is 31.8 Å². The van der Waals surface area contributed by atoms with Gasteiger partial charge in [-0.1, -0.05) is 71.2 Å². The number of nitrogens with zero attached hydrogens (tertiary/aromatic N) is 1. The Balaban J connectivity index is 1.93. The van der Waals surface area contributed by atoms with Crippen LogP contribution in [-0.2, 0) is 11.3 Å². The molecule has 3 aromatic rings. The minimum atomic E-state index is -1.04. The van der Waals surface area contributed by atoms with Gasteiger partial charge in [0.15, 0.2) is 0 Å². The molecule has 0 radical (unpaired) electrons. The molecule has 4 nitrogen and oxygen atoms in total. The third kappa shape index (κ3) is 3.91. The van der Waals surface area contributed by atoms with E-state index in [9.17, 15) is 14.7 Å². The first kappa shape index (κ1) is 21.7. The Hall–Kier alpha value is -2.53. The number of aliphatic carboxylic acids is 1. The minimum Gasteiger partial charge on any atom is -0.481 e. The molecule has 4 rings (SSSR count). The van der Waals surface area contributed by atoms with E-state index in [0.717, 1.165) is 11.1 Å². The van der Waals surface area contributed by atoms with Crippen LogP contribution >= 0.6 is 34.8 Å². The number of hydrogen-bond acceptors (Lipinski definition) is 2. The van der Waals surface area contributed by atoms with E-state index in [2.05, 4.69) is 0 Å². The highest BCUT2D eigenvalue weighted by molar-refractivity contribution is 6.35. The molecule has 1 aliphatic rings. The Morgan fingerprint density at radius 3 is 2.42 bits per heavy atom. The molecule has 2 unspecified atom stereocenters. The number of benzene rings is 3. The van der Waals surface area contributed by atoms with Gasteiger partial charge in [0.25, 0.3) is 5.91 Å². The summed E-state index contributed by atoms with van der Waals surface area (Å²) in [5.74, 6) is -2.29. The number of amides is 1. The summed E-state index contributed by atoms with van der Waals surface area (Å²) >= 11 is 18.9. The van der Waals surface area contributed by atoms with Crippen LogP contribution in [0.5, 0.6) is 0 Å². The van der Waals surface area contributed by atoms with E-state index >= 15 is 0 Å². The Labute approximate surface area is 195 Å². The molecule has 0 aliphatic carbocycles. The van der Waals surface area contributed by atoms with Gasteiger partial charge in [-0.25, -0.2) is 0 Å². The molecule has 1 amide bonds. The van der Waals surface area contributed by atoms with Crippen molar-refractivity contribution in [2.75, 3.05) is 0 Å². The lowest BCUT2D eigenvalue weighted by molar-refractivity contribution is -0.140. The number of fused-ring (bicyclic) bond motifs is 1. The molecule has 0 saturated carbocycles. The highest BCUT2D eigenvalue weighted by Gasteiger charge is 2.45. The predicted molar refractivity (Wildman–Crippen MR) is 122 cm³/mol. The molecule has 0 bridgehead atoms. The summed E-state index contributed by atoms with van der Waals surface area (Å²) in [6.45, 7) is 2.06. The van der Waals surface area contributed by atoms with Gasteiger partial charge in [0, 0.05) is 27.2 Å². The fourth-order valence-corrected chi connectivity index (χ4v) is 4.84. The van der Waals surface area contributed by atoms with E-state index < -0.39 is 17.9 Å². The number of rotatable bonds is 4. The maximum Gasteiger partial charge on any atom is 0.313 e. The second-order valence-electron chi connectivity index (χ2n) is 7.47. The number of carbonyl (C=O) groups excluding carboxylic acids is 1. The summed E-state index contributed by atoms with van der Waals surface area (Å²) in [6.07, 6.45) is 0. The first-order valence-corrected chi connectivity index (χ1v) is 10.7. The van der Waals surface area contributed by atoms with Crippen LogP contribution in [-0.4, -0.2) is 21.9 Å². The lowest BCUT2D eigenvalue weighted by Crippen LogP contribution is -2.44. The largest absolute Gasteiger partial charge is 0.481 e. The third-order valence-electron chi connectivity index (χ3n) is 5.71. The molecule has 1 N–H and O–H groups in total. The van der Waals surface area contributed by atoms with Crippen molar-refractivity contribution in [3.63, 3.8) is 0 Å². The molecule has 0 fully saturated rings. The van der Waals surface area contributed by atoms with Crippen molar-refractivity contribution < 1.29 is 14.7 Å². The monoisotopic (exact) mass is 473 g/mol. The fourth-order valence-electron chi connectivity index (χ4n) is 4.13. The number of carboxylic acids is 1. The lowest BCUT2D eigenvalue weighted by Gasteiger charge is -2.41. The topological polar surface area (TPSA) is 57.6 Å². The van der Waals surface area contributed by atoms with Gasteiger partial charge < -0.3 is 10.0 Å². The van der Waals surface area contributed by atoms with E-state index in [1.807, 2.05) is 19.1 Å². The summed E-state index contributed by atoms with van der Waals surface area (Å²) in [5.41, 5.74) is 3.04. The molecule has 1 aliphatic heterocycles. The molecule has 3 aromatic carbocycles. The molecule has 2 atom stereocenters. The van der Waals surface area contributed by atoms with Crippen LogP contribution < -0.4 is 0 Å². The van der Waals surface area contributed by atoms with E-state index in [4.69, 9.17) is 34.8 Å². The Morgan fingerprint density at radius 1 is 0.968 bits per heavy atom. The zero-order valence-corrected chi connectivity index (χ0v) is 18.7. The van der Waals surface area contributed by atoms with Crippen LogP contribution in [0.4, 0.5) is 0 Å². The van der Waals surface area contributed by atoms with Crippen LogP contribution in [0.3, 0.4) is 0 Å². The maximum absolute atomic E-state index is 13.6. The molecular weight excluding hydrogens is 457 g/mol. The van der Waals surface area contributed by atoms with Crippen molar-refractivity contribution in [1.82, 2.24) is 4.90 Å². The molecular formula is C24H18Cl3NO3. The lowest BCUT2D eigenvalue weighted by atomic mass is 9.79. The Bertz CT molecular complexity index is 1190. The smallest absolute Gasteiger partial charge is 0.313 e. The van der Waals surface area contributed by atoms with E-state index in [1.165, 1.54) is 0 Å². The molecule has 1 heterocycles. The van der Waals surface area contributed by atoms with Crippen LogP contribution in [0.25, 0.3) is 0 Å². The first-order chi connectivity index (χ1) is 14.8. The van der Waals surface area contributed by atoms with E-state index in [-0.39, 0.29) is 12.5 Å². The van der Waals surface area contributed by atoms with Gasteiger partial charge in [-0.2, -0.15) is 0 Å². The van der Waals surface area contributed by atoms with Crippen LogP contribution in [0.15, 0.2) is 60.7 Å². The molecule has 0 aromatic heterocycles.